The summed E-state index contributed by atoms with van der Waals surface area (Å²) < 4.78 is 0. The highest BCUT2D eigenvalue weighted by molar-refractivity contribution is 5.75. The molecule has 0 spiro atoms. The Labute approximate surface area is 68.4 Å². The van der Waals surface area contributed by atoms with Crippen LogP contribution in [-0.4, -0.2) is 35.1 Å². The van der Waals surface area contributed by atoms with E-state index in [1.165, 1.54) is 0 Å². The van der Waals surface area contributed by atoms with Gasteiger partial charge in [0.15, 0.2) is 0 Å². The lowest BCUT2D eigenvalue weighted by Crippen LogP contribution is -2.29. The first-order chi connectivity index (χ1) is 3.13. The largest absolute Gasteiger partial charge is 0.316 e. The average Bonchev–Trinajstić information content (AvgIpc) is 1.27. The molecule has 1 nitrogen and oxygen atoms in total. The van der Waals surface area contributed by atoms with Crippen LogP contribution >= 0.6 is 0 Å². The van der Waals surface area contributed by atoms with E-state index in [9.17, 15) is 0 Å². The van der Waals surface area contributed by atoms with Crippen molar-refractivity contribution in [3.05, 3.63) is 0 Å². The third kappa shape index (κ3) is 9.87. The predicted molar refractivity (Wildman–Crippen MR) is 42.0 cm³/mol. The number of rotatable bonds is 2. The lowest BCUT2D eigenvalue weighted by Gasteiger charge is -2.10. The molecule has 0 aromatic rings. The number of hydrogen-bond acceptors (Lipinski definition) is 1. The van der Waals surface area contributed by atoms with Gasteiger partial charge >= 0.3 is 23.1 Å². The molecule has 0 saturated heterocycles. The molecular weight excluding hydrogens is 110 g/mol. The van der Waals surface area contributed by atoms with E-state index in [1.807, 2.05) is 0 Å². The van der Waals surface area contributed by atoms with Crippen LogP contribution in [-0.2, 0) is 0 Å². The van der Waals surface area contributed by atoms with E-state index in [0.717, 1.165) is 0 Å². The standard InChI is InChI=1S/C6H15N.Mg.2H/c1-5(2)7-6(3)4;;;/h5-7H,1-4H3;;;. The van der Waals surface area contributed by atoms with Gasteiger partial charge in [0, 0.05) is 12.1 Å². The molecule has 0 aromatic heterocycles. The molecule has 2 heteroatoms. The summed E-state index contributed by atoms with van der Waals surface area (Å²) in [6.07, 6.45) is 0. The normalized spacial score (nSPS) is 9.75. The van der Waals surface area contributed by atoms with Crippen LogP contribution in [0.2, 0.25) is 0 Å². The molecule has 48 valence electrons. The van der Waals surface area contributed by atoms with Gasteiger partial charge in [-0.2, -0.15) is 0 Å². The molecule has 0 fully saturated rings. The maximum absolute atomic E-state index is 3.31. The van der Waals surface area contributed by atoms with Crippen molar-refractivity contribution in [2.24, 2.45) is 0 Å². The average molecular weight is 128 g/mol. The van der Waals surface area contributed by atoms with Crippen LogP contribution in [0, 0.1) is 0 Å². The van der Waals surface area contributed by atoms with E-state index in [4.69, 9.17) is 0 Å². The van der Waals surface area contributed by atoms with Gasteiger partial charge in [0.1, 0.15) is 0 Å². The zero-order valence-corrected chi connectivity index (χ0v) is 5.65. The van der Waals surface area contributed by atoms with Crippen molar-refractivity contribution in [2.45, 2.75) is 39.8 Å². The van der Waals surface area contributed by atoms with Crippen molar-refractivity contribution < 1.29 is 0 Å². The minimum absolute atomic E-state index is 0. The topological polar surface area (TPSA) is 12.0 Å². The van der Waals surface area contributed by atoms with E-state index in [1.54, 1.807) is 0 Å². The highest BCUT2D eigenvalue weighted by Gasteiger charge is 1.92. The first-order valence-corrected chi connectivity index (χ1v) is 2.89. The Kier molecular flexibility index (Phi) is 8.43. The molecule has 1 N–H and O–H groups in total. The molecule has 0 unspecified atom stereocenters. The lowest BCUT2D eigenvalue weighted by atomic mass is 10.3. The fourth-order valence-electron chi connectivity index (χ4n) is 0.667. The summed E-state index contributed by atoms with van der Waals surface area (Å²) >= 11 is 0. The first-order valence-electron chi connectivity index (χ1n) is 2.89. The summed E-state index contributed by atoms with van der Waals surface area (Å²) in [5, 5.41) is 3.31. The minimum Gasteiger partial charge on any atom is -0.312 e. The Morgan fingerprint density at radius 2 is 1.12 bits per heavy atom. The molecule has 0 aliphatic rings. The third-order valence-electron chi connectivity index (χ3n) is 0.667. The molecule has 0 aliphatic carbocycles. The summed E-state index contributed by atoms with van der Waals surface area (Å²) in [6.45, 7) is 8.61. The predicted octanol–water partition coefficient (Wildman–Crippen LogP) is 0.477. The lowest BCUT2D eigenvalue weighted by molar-refractivity contribution is 0.518. The quantitative estimate of drug-likeness (QED) is 0.532. The van der Waals surface area contributed by atoms with Gasteiger partial charge in [-0.05, 0) is 0 Å². The molecule has 0 bridgehead atoms. The van der Waals surface area contributed by atoms with Crippen LogP contribution in [0.5, 0.6) is 0 Å². The van der Waals surface area contributed by atoms with E-state index < -0.39 is 0 Å². The van der Waals surface area contributed by atoms with Crippen LogP contribution in [0.3, 0.4) is 0 Å². The summed E-state index contributed by atoms with van der Waals surface area (Å²) in [5.74, 6) is 0. The smallest absolute Gasteiger partial charge is 0.312 e. The van der Waals surface area contributed by atoms with Gasteiger partial charge in [0.2, 0.25) is 0 Å². The van der Waals surface area contributed by atoms with Gasteiger partial charge in [-0.3, -0.25) is 0 Å². The Balaban J connectivity index is 0. The maximum Gasteiger partial charge on any atom is 0.316 e. The summed E-state index contributed by atoms with van der Waals surface area (Å²) in [5.41, 5.74) is 0. The van der Waals surface area contributed by atoms with Crippen LogP contribution in [0.1, 0.15) is 27.7 Å². The molecule has 0 aromatic carbocycles. The molecule has 0 aliphatic heterocycles. The Hall–Kier alpha value is 0.726. The van der Waals surface area contributed by atoms with Crippen molar-refractivity contribution in [1.82, 2.24) is 5.32 Å². The summed E-state index contributed by atoms with van der Waals surface area (Å²) in [4.78, 5) is 0. The Morgan fingerprint density at radius 3 is 1.12 bits per heavy atom. The molecule has 0 radical (unpaired) electrons. The zero-order valence-electron chi connectivity index (χ0n) is 5.65. The summed E-state index contributed by atoms with van der Waals surface area (Å²) in [6, 6.07) is 1.25. The second-order valence-corrected chi connectivity index (χ2v) is 2.48. The van der Waals surface area contributed by atoms with Gasteiger partial charge in [-0.15, -0.1) is 0 Å². The fourth-order valence-corrected chi connectivity index (χ4v) is 0.667. The number of nitrogens with one attached hydrogen (secondary N) is 1. The molecule has 0 atom stereocenters. The van der Waals surface area contributed by atoms with Gasteiger partial charge < -0.3 is 5.32 Å². The highest BCUT2D eigenvalue weighted by atomic mass is 24.3. The second kappa shape index (κ2) is 5.86. The van der Waals surface area contributed by atoms with Crippen LogP contribution in [0.15, 0.2) is 0 Å². The van der Waals surface area contributed by atoms with Crippen LogP contribution < -0.4 is 5.32 Å². The van der Waals surface area contributed by atoms with Crippen molar-refractivity contribution in [3.63, 3.8) is 0 Å². The van der Waals surface area contributed by atoms with Crippen molar-refractivity contribution in [1.29, 1.82) is 0 Å². The van der Waals surface area contributed by atoms with E-state index in [0.29, 0.717) is 12.1 Å². The van der Waals surface area contributed by atoms with Gasteiger partial charge in [-0.25, -0.2) is 0 Å². The third-order valence-corrected chi connectivity index (χ3v) is 0.667. The molecule has 0 rings (SSSR count). The van der Waals surface area contributed by atoms with Crippen LogP contribution in [0.4, 0.5) is 0 Å². The Morgan fingerprint density at radius 1 is 0.875 bits per heavy atom. The van der Waals surface area contributed by atoms with E-state index in [-0.39, 0.29) is 23.1 Å². The van der Waals surface area contributed by atoms with Crippen molar-refractivity contribution >= 4 is 23.1 Å². The van der Waals surface area contributed by atoms with Gasteiger partial charge in [-0.1, -0.05) is 27.7 Å². The Bertz CT molecular complexity index is 37.8. The maximum atomic E-state index is 3.31. The minimum atomic E-state index is 0. The molecule has 0 saturated carbocycles. The van der Waals surface area contributed by atoms with Crippen molar-refractivity contribution in [3.8, 4) is 0 Å². The first kappa shape index (κ1) is 11.5. The molecule has 0 amide bonds. The second-order valence-electron chi connectivity index (χ2n) is 2.48. The number of hydrogen-bond donors (Lipinski definition) is 1. The SMILES string of the molecule is CC(C)NC(C)C.[MgH2]. The molecule has 0 heterocycles. The van der Waals surface area contributed by atoms with Gasteiger partial charge in [0.05, 0.1) is 0 Å². The fraction of sp³-hybridized carbons (Fsp3) is 1.00. The summed E-state index contributed by atoms with van der Waals surface area (Å²) in [7, 11) is 0. The highest BCUT2D eigenvalue weighted by Crippen LogP contribution is 1.80. The van der Waals surface area contributed by atoms with Crippen molar-refractivity contribution in [2.75, 3.05) is 0 Å². The monoisotopic (exact) mass is 127 g/mol. The van der Waals surface area contributed by atoms with E-state index in [2.05, 4.69) is 33.0 Å². The van der Waals surface area contributed by atoms with Gasteiger partial charge in [0.25, 0.3) is 0 Å². The van der Waals surface area contributed by atoms with Crippen LogP contribution in [0.25, 0.3) is 0 Å². The van der Waals surface area contributed by atoms with E-state index >= 15 is 0 Å². The zero-order chi connectivity index (χ0) is 5.86. The molecule has 8 heavy (non-hydrogen) atoms. The molecular formula is C6H17MgN.